The molecule has 0 aliphatic rings. The molecule has 0 aliphatic carbocycles. The lowest BCUT2D eigenvalue weighted by atomic mass is 10.3. The second-order valence-electron chi connectivity index (χ2n) is 3.30. The zero-order chi connectivity index (χ0) is 11.8. The smallest absolute Gasteiger partial charge is 0.330 e. The number of hydrogen-bond acceptors (Lipinski definition) is 4. The van der Waals surface area contributed by atoms with Crippen molar-refractivity contribution in [3.8, 4) is 0 Å². The Morgan fingerprint density at radius 2 is 2.50 bits per heavy atom. The van der Waals surface area contributed by atoms with Gasteiger partial charge in [-0.1, -0.05) is 12.1 Å². The molecule has 0 spiro atoms. The van der Waals surface area contributed by atoms with Crippen molar-refractivity contribution in [2.45, 2.75) is 19.9 Å². The van der Waals surface area contributed by atoms with E-state index in [0.717, 1.165) is 0 Å². The quantitative estimate of drug-likeness (QED) is 0.612. The van der Waals surface area contributed by atoms with E-state index in [9.17, 15) is 4.79 Å². The summed E-state index contributed by atoms with van der Waals surface area (Å²) in [6, 6.07) is 4.44. The van der Waals surface area contributed by atoms with Gasteiger partial charge in [-0.25, -0.2) is 4.79 Å². The Kier molecular flexibility index (Phi) is 5.82. The molecule has 88 valence electrons. The molecule has 0 radical (unpaired) electrons. The molecule has 1 N–H and O–H groups in total. The summed E-state index contributed by atoms with van der Waals surface area (Å²) >= 11 is 1.73. The molecule has 0 saturated heterocycles. The zero-order valence-corrected chi connectivity index (χ0v) is 10.4. The summed E-state index contributed by atoms with van der Waals surface area (Å²) in [6.07, 6.45) is 3.24. The molecule has 0 fully saturated rings. The molecule has 0 saturated carbocycles. The van der Waals surface area contributed by atoms with Gasteiger partial charge in [-0.15, -0.1) is 11.3 Å². The van der Waals surface area contributed by atoms with E-state index in [1.54, 1.807) is 24.3 Å². The van der Waals surface area contributed by atoms with Gasteiger partial charge in [0.05, 0.1) is 6.61 Å². The van der Waals surface area contributed by atoms with Gasteiger partial charge in [-0.3, -0.25) is 0 Å². The van der Waals surface area contributed by atoms with Crippen molar-refractivity contribution in [2.75, 3.05) is 13.2 Å². The number of carbonyl (C=O) groups is 1. The lowest BCUT2D eigenvalue weighted by molar-refractivity contribution is -0.137. The Labute approximate surface area is 100 Å². The maximum absolute atomic E-state index is 11.0. The molecule has 1 rings (SSSR count). The lowest BCUT2D eigenvalue weighted by Gasteiger charge is -2.09. The number of thiophene rings is 1. The molecule has 1 atom stereocenters. The molecule has 1 aromatic rings. The van der Waals surface area contributed by atoms with E-state index in [1.807, 2.05) is 6.07 Å². The highest BCUT2D eigenvalue weighted by Gasteiger charge is 2.03. The van der Waals surface area contributed by atoms with Crippen LogP contribution in [0.3, 0.4) is 0 Å². The van der Waals surface area contributed by atoms with Gasteiger partial charge in [0, 0.05) is 23.5 Å². The lowest BCUT2D eigenvalue weighted by Crippen LogP contribution is -2.17. The van der Waals surface area contributed by atoms with Crippen LogP contribution in [0.15, 0.2) is 29.7 Å². The van der Waals surface area contributed by atoms with Crippen LogP contribution >= 0.6 is 11.3 Å². The second kappa shape index (κ2) is 7.19. The van der Waals surface area contributed by atoms with Crippen molar-refractivity contribution >= 4 is 17.3 Å². The Hall–Kier alpha value is -1.13. The van der Waals surface area contributed by atoms with Crippen LogP contribution < -0.4 is 5.32 Å². The monoisotopic (exact) mass is 239 g/mol. The predicted molar refractivity (Wildman–Crippen MR) is 66.5 cm³/mol. The fourth-order valence-electron chi connectivity index (χ4n) is 1.23. The van der Waals surface area contributed by atoms with Gasteiger partial charge < -0.3 is 10.1 Å². The molecule has 0 aromatic carbocycles. The van der Waals surface area contributed by atoms with Gasteiger partial charge >= 0.3 is 5.97 Å². The van der Waals surface area contributed by atoms with E-state index in [4.69, 9.17) is 4.74 Å². The summed E-state index contributed by atoms with van der Waals surface area (Å²) < 4.78 is 4.77. The number of hydrogen-bond donors (Lipinski definition) is 1. The van der Waals surface area contributed by atoms with Crippen molar-refractivity contribution in [1.82, 2.24) is 5.32 Å². The van der Waals surface area contributed by atoms with Crippen LogP contribution in [0.5, 0.6) is 0 Å². The highest BCUT2D eigenvalue weighted by atomic mass is 32.1. The summed E-state index contributed by atoms with van der Waals surface area (Å²) in [6.45, 7) is 4.98. The maximum atomic E-state index is 11.0. The van der Waals surface area contributed by atoms with Crippen LogP contribution in [0.4, 0.5) is 0 Å². The van der Waals surface area contributed by atoms with Gasteiger partial charge in [0.25, 0.3) is 0 Å². The van der Waals surface area contributed by atoms with Crippen LogP contribution in [-0.4, -0.2) is 19.1 Å². The largest absolute Gasteiger partial charge is 0.463 e. The molecule has 0 bridgehead atoms. The average Bonchev–Trinajstić information content (AvgIpc) is 2.78. The molecule has 4 heteroatoms. The molecular weight excluding hydrogens is 222 g/mol. The van der Waals surface area contributed by atoms with E-state index in [0.29, 0.717) is 19.2 Å². The van der Waals surface area contributed by atoms with Crippen molar-refractivity contribution in [3.63, 3.8) is 0 Å². The molecule has 16 heavy (non-hydrogen) atoms. The number of carbonyl (C=O) groups excluding carboxylic acids is 1. The first-order valence-electron chi connectivity index (χ1n) is 5.34. The fraction of sp³-hybridized carbons (Fsp3) is 0.417. The van der Waals surface area contributed by atoms with Crippen LogP contribution in [0.1, 0.15) is 24.8 Å². The van der Waals surface area contributed by atoms with Crippen LogP contribution in [0.25, 0.3) is 0 Å². The minimum atomic E-state index is -0.284. The van der Waals surface area contributed by atoms with Gasteiger partial charge in [-0.2, -0.15) is 0 Å². The van der Waals surface area contributed by atoms with E-state index < -0.39 is 0 Å². The molecular formula is C12H17NO2S. The molecule has 1 aromatic heterocycles. The highest BCUT2D eigenvalue weighted by Crippen LogP contribution is 2.17. The van der Waals surface area contributed by atoms with E-state index in [2.05, 4.69) is 23.7 Å². The van der Waals surface area contributed by atoms with Crippen molar-refractivity contribution in [1.29, 1.82) is 0 Å². The molecule has 0 aliphatic heterocycles. The summed E-state index contributed by atoms with van der Waals surface area (Å²) in [5.41, 5.74) is 0. The van der Waals surface area contributed by atoms with Gasteiger partial charge in [-0.05, 0) is 25.3 Å². The van der Waals surface area contributed by atoms with Crippen LogP contribution in [0, 0.1) is 0 Å². The Morgan fingerprint density at radius 1 is 1.69 bits per heavy atom. The molecule has 0 amide bonds. The Bertz CT molecular complexity index is 333. The first-order chi connectivity index (χ1) is 7.74. The minimum absolute atomic E-state index is 0.284. The summed E-state index contributed by atoms with van der Waals surface area (Å²) in [5.74, 6) is -0.284. The normalized spacial score (nSPS) is 12.9. The van der Waals surface area contributed by atoms with Gasteiger partial charge in [0.1, 0.15) is 0 Å². The van der Waals surface area contributed by atoms with E-state index >= 15 is 0 Å². The molecule has 3 nitrogen and oxygen atoms in total. The third kappa shape index (κ3) is 4.59. The topological polar surface area (TPSA) is 38.3 Å². The summed E-state index contributed by atoms with van der Waals surface area (Å²) in [4.78, 5) is 12.3. The third-order valence-electron chi connectivity index (χ3n) is 2.05. The third-order valence-corrected chi connectivity index (χ3v) is 3.11. The second-order valence-corrected chi connectivity index (χ2v) is 4.28. The SMILES string of the molecule is CCOC(=O)/C=C/CNC(C)c1cccs1. The van der Waals surface area contributed by atoms with E-state index in [-0.39, 0.29) is 5.97 Å². The molecule has 1 heterocycles. The summed E-state index contributed by atoms with van der Waals surface area (Å²) in [7, 11) is 0. The van der Waals surface area contributed by atoms with Crippen molar-refractivity contribution in [2.24, 2.45) is 0 Å². The predicted octanol–water partition coefficient (Wildman–Crippen LogP) is 2.52. The average molecular weight is 239 g/mol. The van der Waals surface area contributed by atoms with Gasteiger partial charge in [0.2, 0.25) is 0 Å². The van der Waals surface area contributed by atoms with Crippen LogP contribution in [0.2, 0.25) is 0 Å². The number of rotatable bonds is 6. The van der Waals surface area contributed by atoms with Crippen LogP contribution in [-0.2, 0) is 9.53 Å². The highest BCUT2D eigenvalue weighted by molar-refractivity contribution is 7.10. The van der Waals surface area contributed by atoms with Crippen molar-refractivity contribution in [3.05, 3.63) is 34.5 Å². The zero-order valence-electron chi connectivity index (χ0n) is 9.60. The minimum Gasteiger partial charge on any atom is -0.463 e. The van der Waals surface area contributed by atoms with Gasteiger partial charge in [0.15, 0.2) is 0 Å². The Balaban J connectivity index is 2.23. The molecule has 1 unspecified atom stereocenters. The standard InChI is InChI=1S/C12H17NO2S/c1-3-15-12(14)7-4-8-13-10(2)11-6-5-9-16-11/h4-7,9-10,13H,3,8H2,1-2H3/b7-4+. The maximum Gasteiger partial charge on any atom is 0.330 e. The Morgan fingerprint density at radius 3 is 3.12 bits per heavy atom. The number of ether oxygens (including phenoxy) is 1. The fourth-order valence-corrected chi connectivity index (χ4v) is 1.99. The summed E-state index contributed by atoms with van der Waals surface area (Å²) in [5, 5.41) is 5.36. The number of esters is 1. The first-order valence-corrected chi connectivity index (χ1v) is 6.22. The number of nitrogens with one attached hydrogen (secondary N) is 1. The first kappa shape index (κ1) is 12.9. The van der Waals surface area contributed by atoms with E-state index in [1.165, 1.54) is 11.0 Å². The van der Waals surface area contributed by atoms with Crippen molar-refractivity contribution < 1.29 is 9.53 Å².